The molecule has 2 aliphatic rings. The first-order chi connectivity index (χ1) is 14.7. The van der Waals surface area contributed by atoms with Crippen molar-refractivity contribution >= 4 is 17.8 Å². The van der Waals surface area contributed by atoms with Crippen LogP contribution in [-0.2, 0) is 16.2 Å². The van der Waals surface area contributed by atoms with Gasteiger partial charge in [0.05, 0.1) is 12.5 Å². The lowest BCUT2D eigenvalue weighted by molar-refractivity contribution is -0.129. The summed E-state index contributed by atoms with van der Waals surface area (Å²) in [5.74, 6) is 0.920. The van der Waals surface area contributed by atoms with Gasteiger partial charge >= 0.3 is 6.03 Å². The van der Waals surface area contributed by atoms with Crippen molar-refractivity contribution in [2.75, 3.05) is 13.1 Å². The molecule has 0 bridgehead atoms. The molecule has 7 nitrogen and oxygen atoms in total. The van der Waals surface area contributed by atoms with E-state index in [0.717, 1.165) is 16.9 Å². The SMILES string of the molecule is Cc1ccc(C)c(COc2ccc([C]3CCN(CC4(C)NC(=O)NC4=O)C3=O)cc2)c1. The van der Waals surface area contributed by atoms with Gasteiger partial charge in [0, 0.05) is 6.54 Å². The summed E-state index contributed by atoms with van der Waals surface area (Å²) in [6.07, 6.45) is 0.590. The molecule has 2 saturated heterocycles. The van der Waals surface area contributed by atoms with Crippen molar-refractivity contribution in [3.8, 4) is 5.75 Å². The van der Waals surface area contributed by atoms with Gasteiger partial charge in [0.15, 0.2) is 0 Å². The lowest BCUT2D eigenvalue weighted by Gasteiger charge is -2.27. The number of imide groups is 1. The molecule has 1 radical (unpaired) electrons. The molecule has 0 saturated carbocycles. The molecule has 7 heteroatoms. The molecule has 4 amide bonds. The van der Waals surface area contributed by atoms with Gasteiger partial charge in [-0.2, -0.15) is 0 Å². The molecular weight excluding hydrogens is 394 g/mol. The number of rotatable bonds is 6. The Morgan fingerprint density at radius 1 is 1.06 bits per heavy atom. The Kier molecular flexibility index (Phi) is 5.43. The van der Waals surface area contributed by atoms with Crippen LogP contribution >= 0.6 is 0 Å². The quantitative estimate of drug-likeness (QED) is 0.704. The number of likely N-dealkylation sites (tertiary alicyclic amines) is 1. The molecule has 2 aromatic carbocycles. The van der Waals surface area contributed by atoms with Crippen molar-refractivity contribution in [3.63, 3.8) is 0 Å². The lowest BCUT2D eigenvalue weighted by atomic mass is 9.97. The molecule has 31 heavy (non-hydrogen) atoms. The number of amides is 4. The van der Waals surface area contributed by atoms with Crippen LogP contribution in [-0.4, -0.2) is 41.4 Å². The number of hydrogen-bond donors (Lipinski definition) is 2. The number of ether oxygens (including phenoxy) is 1. The lowest BCUT2D eigenvalue weighted by Crippen LogP contribution is -2.53. The first-order valence-electron chi connectivity index (χ1n) is 10.3. The minimum Gasteiger partial charge on any atom is -0.489 e. The molecule has 2 N–H and O–H groups in total. The van der Waals surface area contributed by atoms with Gasteiger partial charge in [0.2, 0.25) is 5.91 Å². The second-order valence-electron chi connectivity index (χ2n) is 8.44. The zero-order chi connectivity index (χ0) is 22.2. The Morgan fingerprint density at radius 3 is 2.48 bits per heavy atom. The Hall–Kier alpha value is -3.35. The molecule has 0 aromatic heterocycles. The van der Waals surface area contributed by atoms with E-state index in [1.54, 1.807) is 11.8 Å². The topological polar surface area (TPSA) is 87.7 Å². The normalized spacial score (nSPS) is 21.4. The molecule has 0 spiro atoms. The van der Waals surface area contributed by atoms with Crippen LogP contribution in [0.2, 0.25) is 0 Å². The first kappa shape index (κ1) is 20.9. The van der Waals surface area contributed by atoms with Crippen molar-refractivity contribution < 1.29 is 19.1 Å². The minimum atomic E-state index is -1.10. The highest BCUT2D eigenvalue weighted by Gasteiger charge is 2.46. The van der Waals surface area contributed by atoms with Crippen LogP contribution in [0.15, 0.2) is 42.5 Å². The van der Waals surface area contributed by atoms with Crippen LogP contribution in [0.4, 0.5) is 4.79 Å². The zero-order valence-electron chi connectivity index (χ0n) is 18.0. The van der Waals surface area contributed by atoms with E-state index in [2.05, 4.69) is 42.7 Å². The Labute approximate surface area is 181 Å². The number of hydrogen-bond acceptors (Lipinski definition) is 4. The third-order valence-electron chi connectivity index (χ3n) is 5.90. The maximum Gasteiger partial charge on any atom is 0.322 e. The molecule has 2 aromatic rings. The van der Waals surface area contributed by atoms with Gasteiger partial charge in [-0.15, -0.1) is 0 Å². The van der Waals surface area contributed by atoms with Gasteiger partial charge in [0.1, 0.15) is 17.9 Å². The van der Waals surface area contributed by atoms with Gasteiger partial charge in [-0.3, -0.25) is 14.9 Å². The number of nitrogens with zero attached hydrogens (tertiary/aromatic N) is 1. The summed E-state index contributed by atoms with van der Waals surface area (Å²) in [6, 6.07) is 13.3. The van der Waals surface area contributed by atoms with Crippen LogP contribution in [0.1, 0.15) is 35.6 Å². The van der Waals surface area contributed by atoms with Crippen molar-refractivity contribution in [1.82, 2.24) is 15.5 Å². The average Bonchev–Trinajstić information content (AvgIpc) is 3.21. The Morgan fingerprint density at radius 2 is 1.81 bits per heavy atom. The van der Waals surface area contributed by atoms with Gasteiger partial charge in [-0.05, 0) is 56.0 Å². The van der Waals surface area contributed by atoms with E-state index >= 15 is 0 Å². The van der Waals surface area contributed by atoms with Crippen LogP contribution in [0.25, 0.3) is 0 Å². The smallest absolute Gasteiger partial charge is 0.322 e. The van der Waals surface area contributed by atoms with Crippen molar-refractivity contribution in [2.24, 2.45) is 0 Å². The Bertz CT molecular complexity index is 1030. The van der Waals surface area contributed by atoms with E-state index < -0.39 is 17.5 Å². The second-order valence-corrected chi connectivity index (χ2v) is 8.44. The highest BCUT2D eigenvalue weighted by molar-refractivity contribution is 6.07. The minimum absolute atomic E-state index is 0.112. The largest absolute Gasteiger partial charge is 0.489 e. The van der Waals surface area contributed by atoms with Crippen LogP contribution in [0.3, 0.4) is 0 Å². The highest BCUT2D eigenvalue weighted by atomic mass is 16.5. The van der Waals surface area contributed by atoms with Crippen LogP contribution in [0.5, 0.6) is 5.75 Å². The number of benzene rings is 2. The fourth-order valence-electron chi connectivity index (χ4n) is 4.01. The predicted octanol–water partition coefficient (Wildman–Crippen LogP) is 2.64. The Balaban J connectivity index is 1.38. The highest BCUT2D eigenvalue weighted by Crippen LogP contribution is 2.30. The van der Waals surface area contributed by atoms with Gasteiger partial charge < -0.3 is 15.0 Å². The standard InChI is InChI=1S/C24H26N3O4/c1-15-4-5-16(2)18(12-15)13-31-19-8-6-17(7-9-19)20-10-11-27(21(20)28)14-24(3)22(29)25-23(30)26-24/h4-9,12H,10-11,13-14H2,1-3H3,(H2,25,26,29,30). The summed E-state index contributed by atoms with van der Waals surface area (Å²) in [5.41, 5.74) is 3.28. The molecule has 1 atom stereocenters. The monoisotopic (exact) mass is 420 g/mol. The number of aryl methyl sites for hydroxylation is 2. The molecule has 2 aliphatic heterocycles. The summed E-state index contributed by atoms with van der Waals surface area (Å²) < 4.78 is 5.93. The van der Waals surface area contributed by atoms with E-state index in [0.29, 0.717) is 25.5 Å². The van der Waals surface area contributed by atoms with Crippen LogP contribution < -0.4 is 15.4 Å². The summed E-state index contributed by atoms with van der Waals surface area (Å²) in [4.78, 5) is 38.0. The number of carbonyl (C=O) groups is 3. The molecule has 2 heterocycles. The average molecular weight is 420 g/mol. The molecular formula is C24H26N3O4. The fraction of sp³-hybridized carbons (Fsp3) is 0.333. The summed E-state index contributed by atoms with van der Waals surface area (Å²) in [6.45, 7) is 6.89. The predicted molar refractivity (Wildman–Crippen MR) is 115 cm³/mol. The summed E-state index contributed by atoms with van der Waals surface area (Å²) >= 11 is 0. The van der Waals surface area contributed by atoms with Gasteiger partial charge in [0.25, 0.3) is 5.91 Å². The fourth-order valence-corrected chi connectivity index (χ4v) is 4.01. The van der Waals surface area contributed by atoms with Crippen molar-refractivity contribution in [2.45, 2.75) is 39.3 Å². The third-order valence-corrected chi connectivity index (χ3v) is 5.90. The number of nitrogens with one attached hydrogen (secondary N) is 2. The molecule has 0 aliphatic carbocycles. The maximum atomic E-state index is 12.9. The molecule has 161 valence electrons. The molecule has 2 fully saturated rings. The molecule has 1 unspecified atom stereocenters. The van der Waals surface area contributed by atoms with Crippen molar-refractivity contribution in [1.29, 1.82) is 0 Å². The van der Waals surface area contributed by atoms with Gasteiger partial charge in [-0.1, -0.05) is 35.9 Å². The number of carbonyl (C=O) groups excluding carboxylic acids is 3. The van der Waals surface area contributed by atoms with Gasteiger partial charge in [-0.25, -0.2) is 4.79 Å². The summed E-state index contributed by atoms with van der Waals surface area (Å²) in [7, 11) is 0. The van der Waals surface area contributed by atoms with E-state index in [1.165, 1.54) is 11.1 Å². The maximum absolute atomic E-state index is 12.9. The van der Waals surface area contributed by atoms with Crippen molar-refractivity contribution in [3.05, 3.63) is 70.6 Å². The molecule has 4 rings (SSSR count). The number of urea groups is 1. The zero-order valence-corrected chi connectivity index (χ0v) is 18.0. The van der Waals surface area contributed by atoms with E-state index in [9.17, 15) is 14.4 Å². The van der Waals surface area contributed by atoms with E-state index in [1.807, 2.05) is 24.3 Å². The third kappa shape index (κ3) is 4.26. The van der Waals surface area contributed by atoms with E-state index in [4.69, 9.17) is 4.74 Å². The first-order valence-corrected chi connectivity index (χ1v) is 10.3. The second kappa shape index (κ2) is 8.06. The summed E-state index contributed by atoms with van der Waals surface area (Å²) in [5, 5.41) is 4.83. The van der Waals surface area contributed by atoms with Crippen LogP contribution in [0, 0.1) is 19.8 Å². The van der Waals surface area contributed by atoms with E-state index in [-0.39, 0.29) is 12.5 Å².